The highest BCUT2D eigenvalue weighted by atomic mass is 16.2. The molecule has 0 bridgehead atoms. The van der Waals surface area contributed by atoms with E-state index in [1.54, 1.807) is 19.2 Å². The van der Waals surface area contributed by atoms with Crippen LogP contribution in [-0.4, -0.2) is 23.4 Å². The summed E-state index contributed by atoms with van der Waals surface area (Å²) in [7, 11) is 1.60. The molecule has 1 heterocycles. The van der Waals surface area contributed by atoms with Crippen LogP contribution < -0.4 is 10.6 Å². The number of nitrogens with one attached hydrogen (secondary N) is 2. The van der Waals surface area contributed by atoms with Crippen LogP contribution in [0.3, 0.4) is 0 Å². The molecule has 0 atom stereocenters. The van der Waals surface area contributed by atoms with Crippen molar-refractivity contribution in [3.05, 3.63) is 71.4 Å². The molecular formula is C20H21N3O2. The zero-order chi connectivity index (χ0) is 17.8. The zero-order valence-electron chi connectivity index (χ0n) is 14.4. The van der Waals surface area contributed by atoms with Crippen LogP contribution >= 0.6 is 0 Å². The summed E-state index contributed by atoms with van der Waals surface area (Å²) in [5.41, 5.74) is 3.58. The van der Waals surface area contributed by atoms with Crippen molar-refractivity contribution in [2.75, 3.05) is 7.05 Å². The van der Waals surface area contributed by atoms with Crippen LogP contribution in [0, 0.1) is 6.92 Å². The summed E-state index contributed by atoms with van der Waals surface area (Å²) < 4.78 is 2.01. The van der Waals surface area contributed by atoms with E-state index in [1.807, 2.05) is 47.9 Å². The third kappa shape index (κ3) is 3.71. The van der Waals surface area contributed by atoms with E-state index in [1.165, 1.54) is 0 Å². The van der Waals surface area contributed by atoms with E-state index < -0.39 is 0 Å². The third-order valence-electron chi connectivity index (χ3n) is 4.23. The number of aryl methyl sites for hydroxylation is 1. The molecule has 0 fully saturated rings. The second-order valence-corrected chi connectivity index (χ2v) is 5.99. The Morgan fingerprint density at radius 1 is 1.04 bits per heavy atom. The molecule has 3 rings (SSSR count). The molecule has 5 heteroatoms. The molecule has 0 aliphatic carbocycles. The standard InChI is InChI=1S/C20H21N3O2/c1-14-10-16-7-3-4-9-18(16)23(14)13-19(24)22-12-15-6-5-8-17(11-15)20(25)21-2/h3-11H,12-13H2,1-2H3,(H,21,25)(H,22,24). The van der Waals surface area contributed by atoms with Crippen molar-refractivity contribution in [2.45, 2.75) is 20.0 Å². The van der Waals surface area contributed by atoms with Crippen molar-refractivity contribution < 1.29 is 9.59 Å². The minimum Gasteiger partial charge on any atom is -0.355 e. The number of rotatable bonds is 5. The number of fused-ring (bicyclic) bond motifs is 1. The molecular weight excluding hydrogens is 314 g/mol. The molecule has 0 saturated carbocycles. The van der Waals surface area contributed by atoms with Crippen molar-refractivity contribution in [3.63, 3.8) is 0 Å². The maximum Gasteiger partial charge on any atom is 0.251 e. The summed E-state index contributed by atoms with van der Waals surface area (Å²) in [5, 5.41) is 6.65. The monoisotopic (exact) mass is 335 g/mol. The predicted octanol–water partition coefficient (Wildman–Crippen LogP) is 2.63. The third-order valence-corrected chi connectivity index (χ3v) is 4.23. The fourth-order valence-electron chi connectivity index (χ4n) is 2.93. The first-order valence-corrected chi connectivity index (χ1v) is 8.21. The van der Waals surface area contributed by atoms with Gasteiger partial charge in [0.1, 0.15) is 6.54 Å². The van der Waals surface area contributed by atoms with E-state index in [-0.39, 0.29) is 18.4 Å². The second kappa shape index (κ2) is 7.21. The molecule has 5 nitrogen and oxygen atoms in total. The molecule has 128 valence electrons. The number of carbonyl (C=O) groups is 2. The molecule has 25 heavy (non-hydrogen) atoms. The lowest BCUT2D eigenvalue weighted by molar-refractivity contribution is -0.121. The SMILES string of the molecule is CNC(=O)c1cccc(CNC(=O)Cn2c(C)cc3ccccc32)c1. The van der Waals surface area contributed by atoms with Gasteiger partial charge in [-0.3, -0.25) is 9.59 Å². The van der Waals surface area contributed by atoms with Gasteiger partial charge in [0, 0.05) is 30.4 Å². The first-order valence-electron chi connectivity index (χ1n) is 8.21. The van der Waals surface area contributed by atoms with Crippen molar-refractivity contribution >= 4 is 22.7 Å². The van der Waals surface area contributed by atoms with Crippen LogP contribution in [0.2, 0.25) is 0 Å². The Labute approximate surface area is 146 Å². The molecule has 0 unspecified atom stereocenters. The Morgan fingerprint density at radius 3 is 2.64 bits per heavy atom. The highest BCUT2D eigenvalue weighted by Gasteiger charge is 2.10. The Kier molecular flexibility index (Phi) is 4.84. The molecule has 0 spiro atoms. The van der Waals surface area contributed by atoms with Crippen molar-refractivity contribution in [1.29, 1.82) is 0 Å². The van der Waals surface area contributed by atoms with Crippen LogP contribution in [-0.2, 0) is 17.9 Å². The Morgan fingerprint density at radius 2 is 1.84 bits per heavy atom. The van der Waals surface area contributed by atoms with Gasteiger partial charge in [-0.2, -0.15) is 0 Å². The van der Waals surface area contributed by atoms with Crippen molar-refractivity contribution in [1.82, 2.24) is 15.2 Å². The highest BCUT2D eigenvalue weighted by molar-refractivity contribution is 5.94. The first-order chi connectivity index (χ1) is 12.1. The van der Waals surface area contributed by atoms with E-state index in [9.17, 15) is 9.59 Å². The van der Waals surface area contributed by atoms with Crippen LogP contribution in [0.15, 0.2) is 54.6 Å². The average Bonchev–Trinajstić information content (AvgIpc) is 2.95. The molecule has 0 aliphatic rings. The van der Waals surface area contributed by atoms with Crippen LogP contribution in [0.4, 0.5) is 0 Å². The maximum absolute atomic E-state index is 12.3. The molecule has 0 aliphatic heterocycles. The van der Waals surface area contributed by atoms with E-state index in [2.05, 4.69) is 16.7 Å². The number of hydrogen-bond acceptors (Lipinski definition) is 2. The minimum atomic E-state index is -0.136. The molecule has 1 aromatic heterocycles. The summed E-state index contributed by atoms with van der Waals surface area (Å²) in [4.78, 5) is 24.0. The van der Waals surface area contributed by atoms with Gasteiger partial charge in [-0.05, 0) is 42.1 Å². The Balaban J connectivity index is 1.67. The van der Waals surface area contributed by atoms with Gasteiger partial charge in [0.15, 0.2) is 0 Å². The quantitative estimate of drug-likeness (QED) is 0.753. The van der Waals surface area contributed by atoms with E-state index in [0.717, 1.165) is 22.2 Å². The van der Waals surface area contributed by atoms with Gasteiger partial charge in [0.25, 0.3) is 5.91 Å². The zero-order valence-corrected chi connectivity index (χ0v) is 14.4. The maximum atomic E-state index is 12.3. The number of nitrogens with zero attached hydrogens (tertiary/aromatic N) is 1. The molecule has 2 amide bonds. The number of benzene rings is 2. The summed E-state index contributed by atoms with van der Waals surface area (Å²) in [6.07, 6.45) is 0. The van der Waals surface area contributed by atoms with E-state index in [0.29, 0.717) is 12.1 Å². The number of amides is 2. The minimum absolute atomic E-state index is 0.0604. The highest BCUT2D eigenvalue weighted by Crippen LogP contribution is 2.18. The molecule has 2 aromatic carbocycles. The van der Waals surface area contributed by atoms with Crippen molar-refractivity contribution in [2.24, 2.45) is 0 Å². The van der Waals surface area contributed by atoms with Crippen LogP contribution in [0.5, 0.6) is 0 Å². The van der Waals surface area contributed by atoms with Gasteiger partial charge in [0.2, 0.25) is 5.91 Å². The van der Waals surface area contributed by atoms with Crippen molar-refractivity contribution in [3.8, 4) is 0 Å². The fraction of sp³-hybridized carbons (Fsp3) is 0.200. The molecule has 0 radical (unpaired) electrons. The van der Waals surface area contributed by atoms with Gasteiger partial charge in [-0.1, -0.05) is 30.3 Å². The first kappa shape index (κ1) is 16.8. The predicted molar refractivity (Wildman–Crippen MR) is 98.4 cm³/mol. The summed E-state index contributed by atoms with van der Waals surface area (Å²) >= 11 is 0. The van der Waals surface area contributed by atoms with Crippen LogP contribution in [0.25, 0.3) is 10.9 Å². The number of hydrogen-bond donors (Lipinski definition) is 2. The van der Waals surface area contributed by atoms with Gasteiger partial charge < -0.3 is 15.2 Å². The second-order valence-electron chi connectivity index (χ2n) is 5.99. The lowest BCUT2D eigenvalue weighted by atomic mass is 10.1. The fourth-order valence-corrected chi connectivity index (χ4v) is 2.93. The normalized spacial score (nSPS) is 10.6. The Bertz CT molecular complexity index is 928. The molecule has 3 aromatic rings. The van der Waals surface area contributed by atoms with Gasteiger partial charge in [-0.25, -0.2) is 0 Å². The number of aromatic nitrogens is 1. The Hall–Kier alpha value is -3.08. The topological polar surface area (TPSA) is 63.1 Å². The van der Waals surface area contributed by atoms with Gasteiger partial charge >= 0.3 is 0 Å². The summed E-state index contributed by atoms with van der Waals surface area (Å²) in [5.74, 6) is -0.197. The van der Waals surface area contributed by atoms with Crippen LogP contribution in [0.1, 0.15) is 21.6 Å². The average molecular weight is 335 g/mol. The lowest BCUT2D eigenvalue weighted by Crippen LogP contribution is -2.27. The molecule has 0 saturated heterocycles. The number of carbonyl (C=O) groups excluding carboxylic acids is 2. The molecule has 2 N–H and O–H groups in total. The van der Waals surface area contributed by atoms with Gasteiger partial charge in [-0.15, -0.1) is 0 Å². The lowest BCUT2D eigenvalue weighted by Gasteiger charge is -2.10. The smallest absolute Gasteiger partial charge is 0.251 e. The van der Waals surface area contributed by atoms with E-state index in [4.69, 9.17) is 0 Å². The van der Waals surface area contributed by atoms with E-state index >= 15 is 0 Å². The van der Waals surface area contributed by atoms with Gasteiger partial charge in [0.05, 0.1) is 0 Å². The summed E-state index contributed by atoms with van der Waals surface area (Å²) in [6.45, 7) is 2.66. The summed E-state index contributed by atoms with van der Waals surface area (Å²) in [6, 6.07) is 17.3. The number of para-hydroxylation sites is 1. The largest absolute Gasteiger partial charge is 0.355 e.